The van der Waals surface area contributed by atoms with E-state index in [9.17, 15) is 4.79 Å². The number of hydrogen-bond donors (Lipinski definition) is 1. The van der Waals surface area contributed by atoms with E-state index >= 15 is 0 Å². The Morgan fingerprint density at radius 1 is 1.37 bits per heavy atom. The number of rotatable bonds is 3. The van der Waals surface area contributed by atoms with Crippen molar-refractivity contribution < 1.29 is 0 Å². The van der Waals surface area contributed by atoms with Crippen molar-refractivity contribution in [1.82, 2.24) is 14.5 Å². The third kappa shape index (κ3) is 2.39. The molecule has 2 aliphatic rings. The summed E-state index contributed by atoms with van der Waals surface area (Å²) >= 11 is 0. The third-order valence-electron chi connectivity index (χ3n) is 4.43. The molecule has 3 rings (SSSR count). The monoisotopic (exact) mass is 262 g/mol. The van der Waals surface area contributed by atoms with Crippen molar-refractivity contribution in [2.24, 2.45) is 0 Å². The highest BCUT2D eigenvalue weighted by atomic mass is 16.1. The molecule has 2 atom stereocenters. The largest absolute Gasteiger partial charge is 0.361 e. The first-order valence-electron chi connectivity index (χ1n) is 7.35. The molecule has 1 N–H and O–H groups in total. The average Bonchev–Trinajstić information content (AvgIpc) is 2.85. The Labute approximate surface area is 113 Å². The van der Waals surface area contributed by atoms with Crippen molar-refractivity contribution in [3.05, 3.63) is 22.7 Å². The minimum Gasteiger partial charge on any atom is -0.361 e. The van der Waals surface area contributed by atoms with E-state index in [0.717, 1.165) is 13.0 Å². The molecule has 19 heavy (non-hydrogen) atoms. The number of piperidine rings is 1. The number of aromatic nitrogens is 2. The third-order valence-corrected chi connectivity index (χ3v) is 4.43. The summed E-state index contributed by atoms with van der Waals surface area (Å²) < 4.78 is 1.70. The van der Waals surface area contributed by atoms with Crippen LogP contribution in [0.2, 0.25) is 0 Å². The average molecular weight is 262 g/mol. The van der Waals surface area contributed by atoms with Gasteiger partial charge in [0, 0.05) is 37.6 Å². The zero-order valence-electron chi connectivity index (χ0n) is 11.5. The quantitative estimate of drug-likeness (QED) is 0.892. The zero-order chi connectivity index (χ0) is 13.2. The first-order valence-corrected chi connectivity index (χ1v) is 7.35. The van der Waals surface area contributed by atoms with E-state index in [4.69, 9.17) is 0 Å². The maximum atomic E-state index is 12.2. The lowest BCUT2D eigenvalue weighted by Gasteiger charge is -2.32. The van der Waals surface area contributed by atoms with E-state index in [1.165, 1.54) is 25.8 Å². The molecule has 1 aromatic rings. The van der Waals surface area contributed by atoms with Gasteiger partial charge in [0.05, 0.1) is 0 Å². The van der Waals surface area contributed by atoms with Crippen LogP contribution in [0.25, 0.3) is 0 Å². The lowest BCUT2D eigenvalue weighted by molar-refractivity contribution is 0.192. The topological polar surface area (TPSA) is 50.2 Å². The predicted octanol–water partition coefficient (Wildman–Crippen LogP) is 1.30. The number of fused-ring (bicyclic) bond motifs is 1. The van der Waals surface area contributed by atoms with E-state index in [1.54, 1.807) is 17.0 Å². The summed E-state index contributed by atoms with van der Waals surface area (Å²) in [5.41, 5.74) is -0.000686. The van der Waals surface area contributed by atoms with Gasteiger partial charge in [-0.1, -0.05) is 6.42 Å². The smallest absolute Gasteiger partial charge is 0.293 e. The fraction of sp³-hybridized carbons (Fsp3) is 0.714. The van der Waals surface area contributed by atoms with Gasteiger partial charge < -0.3 is 9.88 Å². The van der Waals surface area contributed by atoms with Crippen LogP contribution < -0.4 is 10.9 Å². The summed E-state index contributed by atoms with van der Waals surface area (Å²) in [6.45, 7) is 5.03. The number of anilines is 1. The summed E-state index contributed by atoms with van der Waals surface area (Å²) in [6, 6.07) is 0.971. The van der Waals surface area contributed by atoms with Gasteiger partial charge in [0.2, 0.25) is 0 Å². The maximum absolute atomic E-state index is 12.2. The van der Waals surface area contributed by atoms with Crippen LogP contribution in [-0.4, -0.2) is 39.6 Å². The Morgan fingerprint density at radius 3 is 3.11 bits per heavy atom. The van der Waals surface area contributed by atoms with Crippen molar-refractivity contribution in [1.29, 1.82) is 0 Å². The van der Waals surface area contributed by atoms with E-state index in [0.29, 0.717) is 24.4 Å². The molecule has 2 unspecified atom stereocenters. The maximum Gasteiger partial charge on any atom is 0.293 e. The molecule has 2 aliphatic heterocycles. The summed E-state index contributed by atoms with van der Waals surface area (Å²) in [5.74, 6) is 0.516. The SMILES string of the molecule is CCn1ccnc(NC2CCN3CCCCC23)c1=O. The molecule has 1 aromatic heterocycles. The molecular weight excluding hydrogens is 240 g/mol. The number of nitrogens with one attached hydrogen (secondary N) is 1. The fourth-order valence-electron chi connectivity index (χ4n) is 3.39. The van der Waals surface area contributed by atoms with Crippen LogP contribution in [0.15, 0.2) is 17.2 Å². The lowest BCUT2D eigenvalue weighted by atomic mass is 9.99. The molecule has 0 aromatic carbocycles. The first-order chi connectivity index (χ1) is 9.29. The van der Waals surface area contributed by atoms with Crippen LogP contribution in [-0.2, 0) is 6.54 Å². The number of aryl methyl sites for hydroxylation is 1. The van der Waals surface area contributed by atoms with Crippen LogP contribution in [0, 0.1) is 0 Å². The molecule has 5 nitrogen and oxygen atoms in total. The zero-order valence-corrected chi connectivity index (χ0v) is 11.5. The summed E-state index contributed by atoms with van der Waals surface area (Å²) in [4.78, 5) is 19.0. The van der Waals surface area contributed by atoms with Gasteiger partial charge in [-0.25, -0.2) is 4.98 Å². The molecule has 0 spiro atoms. The molecule has 3 heterocycles. The van der Waals surface area contributed by atoms with E-state index < -0.39 is 0 Å². The van der Waals surface area contributed by atoms with Crippen molar-refractivity contribution in [3.63, 3.8) is 0 Å². The molecule has 0 bridgehead atoms. The van der Waals surface area contributed by atoms with Gasteiger partial charge in [-0.05, 0) is 32.7 Å². The molecule has 2 fully saturated rings. The standard InChI is InChI=1S/C14H22N4O/c1-2-17-10-7-15-13(14(17)19)16-11-6-9-18-8-4-3-5-12(11)18/h7,10-12H,2-6,8-9H2,1H3,(H,15,16). The Morgan fingerprint density at radius 2 is 2.26 bits per heavy atom. The normalized spacial score (nSPS) is 27.2. The number of nitrogens with zero attached hydrogens (tertiary/aromatic N) is 3. The van der Waals surface area contributed by atoms with E-state index in [1.807, 2.05) is 6.92 Å². The lowest BCUT2D eigenvalue weighted by Crippen LogP contribution is -2.42. The van der Waals surface area contributed by atoms with Crippen LogP contribution in [0.5, 0.6) is 0 Å². The molecule has 0 saturated carbocycles. The van der Waals surface area contributed by atoms with Gasteiger partial charge in [-0.3, -0.25) is 9.69 Å². The highest BCUT2D eigenvalue weighted by Crippen LogP contribution is 2.28. The van der Waals surface area contributed by atoms with Crippen LogP contribution in [0.3, 0.4) is 0 Å². The predicted molar refractivity (Wildman–Crippen MR) is 75.4 cm³/mol. The highest BCUT2D eigenvalue weighted by molar-refractivity contribution is 5.33. The van der Waals surface area contributed by atoms with E-state index in [2.05, 4.69) is 15.2 Å². The Kier molecular flexibility index (Phi) is 3.55. The summed E-state index contributed by atoms with van der Waals surface area (Å²) in [5, 5.41) is 3.40. The second kappa shape index (κ2) is 5.33. The second-order valence-corrected chi connectivity index (χ2v) is 5.51. The fourth-order valence-corrected chi connectivity index (χ4v) is 3.39. The molecule has 2 saturated heterocycles. The first kappa shape index (κ1) is 12.7. The molecule has 0 amide bonds. The van der Waals surface area contributed by atoms with Crippen molar-refractivity contribution in [2.45, 2.75) is 51.2 Å². The molecule has 5 heteroatoms. The Bertz CT molecular complexity index is 498. The molecule has 104 valence electrons. The van der Waals surface area contributed by atoms with Gasteiger partial charge in [-0.15, -0.1) is 0 Å². The second-order valence-electron chi connectivity index (χ2n) is 5.51. The summed E-state index contributed by atoms with van der Waals surface area (Å²) in [7, 11) is 0. The Balaban J connectivity index is 1.77. The molecule has 0 radical (unpaired) electrons. The highest BCUT2D eigenvalue weighted by Gasteiger charge is 2.35. The van der Waals surface area contributed by atoms with Gasteiger partial charge in [0.25, 0.3) is 5.56 Å². The Hall–Kier alpha value is -1.36. The molecular formula is C14H22N4O. The minimum absolute atomic E-state index is 0.000686. The van der Waals surface area contributed by atoms with Crippen LogP contribution in [0.4, 0.5) is 5.82 Å². The van der Waals surface area contributed by atoms with Crippen molar-refractivity contribution in [3.8, 4) is 0 Å². The van der Waals surface area contributed by atoms with Gasteiger partial charge in [0.15, 0.2) is 5.82 Å². The van der Waals surface area contributed by atoms with E-state index in [-0.39, 0.29) is 5.56 Å². The van der Waals surface area contributed by atoms with Crippen molar-refractivity contribution >= 4 is 5.82 Å². The van der Waals surface area contributed by atoms with Gasteiger partial charge >= 0.3 is 0 Å². The summed E-state index contributed by atoms with van der Waals surface area (Å²) in [6.07, 6.45) is 8.44. The van der Waals surface area contributed by atoms with Crippen LogP contribution >= 0.6 is 0 Å². The van der Waals surface area contributed by atoms with Gasteiger partial charge in [-0.2, -0.15) is 0 Å². The van der Waals surface area contributed by atoms with Crippen molar-refractivity contribution in [2.75, 3.05) is 18.4 Å². The van der Waals surface area contributed by atoms with Gasteiger partial charge in [0.1, 0.15) is 0 Å². The number of hydrogen-bond acceptors (Lipinski definition) is 4. The minimum atomic E-state index is -0.000686. The van der Waals surface area contributed by atoms with Crippen LogP contribution in [0.1, 0.15) is 32.6 Å². The molecule has 0 aliphatic carbocycles.